The minimum atomic E-state index is -1.40. The number of hydrogen-bond acceptors (Lipinski definition) is 0. The minimum absolute atomic E-state index is 0.527. The first-order valence-corrected chi connectivity index (χ1v) is 20.3. The standard InChI is InChI=1S/C21H21Si.C13H10.Hf/c1-22(2,3)17-12-11-16(13-17)19-9-6-10-20-18-8-5-4-7-15(18)14-21(19)20;1-3-7-12(8-4-1)11-13-9-5-2-6-10-13;/h4-10,12-14H,11H2,1-3H3;1-10H;. The zero-order valence-corrected chi connectivity index (χ0v) is 25.8. The van der Waals surface area contributed by atoms with Gasteiger partial charge in [0.15, 0.2) is 0 Å². The van der Waals surface area contributed by atoms with Crippen LogP contribution in [0.15, 0.2) is 120 Å². The number of allylic oxidation sites excluding steroid dienone is 4. The average Bonchev–Trinajstić information content (AvgIpc) is 3.52. The van der Waals surface area contributed by atoms with E-state index in [0.29, 0.717) is 3.67 Å². The van der Waals surface area contributed by atoms with Crippen LogP contribution in [0, 0.1) is 0 Å². The van der Waals surface area contributed by atoms with Gasteiger partial charge in [0.05, 0.1) is 0 Å². The second-order valence-corrected chi connectivity index (χ2v) is 20.8. The number of hydrogen-bond donors (Lipinski definition) is 0. The van der Waals surface area contributed by atoms with Crippen LogP contribution in [0.5, 0.6) is 0 Å². The molecule has 0 saturated carbocycles. The van der Waals surface area contributed by atoms with E-state index in [-0.39, 0.29) is 0 Å². The van der Waals surface area contributed by atoms with E-state index in [2.05, 4.69) is 135 Å². The predicted octanol–water partition coefficient (Wildman–Crippen LogP) is 8.70. The van der Waals surface area contributed by atoms with Crippen LogP contribution in [0.25, 0.3) is 16.7 Å². The molecule has 2 heteroatoms. The quantitative estimate of drug-likeness (QED) is 0.191. The fourth-order valence-electron chi connectivity index (χ4n) is 5.61. The summed E-state index contributed by atoms with van der Waals surface area (Å²) >= 11 is -1.40. The van der Waals surface area contributed by atoms with Crippen molar-refractivity contribution in [2.75, 3.05) is 0 Å². The molecule has 2 aliphatic carbocycles. The third-order valence-corrected chi connectivity index (χ3v) is 15.8. The summed E-state index contributed by atoms with van der Waals surface area (Å²) in [5, 5.41) is 1.60. The molecule has 0 saturated heterocycles. The summed E-state index contributed by atoms with van der Waals surface area (Å²) < 4.78 is 2.14. The van der Waals surface area contributed by atoms with Crippen molar-refractivity contribution >= 4 is 16.9 Å². The summed E-state index contributed by atoms with van der Waals surface area (Å²) in [6.07, 6.45) is 6.11. The summed E-state index contributed by atoms with van der Waals surface area (Å²) in [6, 6.07) is 38.5. The van der Waals surface area contributed by atoms with Gasteiger partial charge in [0.1, 0.15) is 0 Å². The molecule has 36 heavy (non-hydrogen) atoms. The molecule has 2 aliphatic rings. The van der Waals surface area contributed by atoms with Crippen molar-refractivity contribution in [3.8, 4) is 11.1 Å². The van der Waals surface area contributed by atoms with Gasteiger partial charge in [0.25, 0.3) is 0 Å². The first kappa shape index (κ1) is 23.7. The van der Waals surface area contributed by atoms with Crippen molar-refractivity contribution in [3.05, 3.63) is 148 Å². The molecular weight excluding hydrogens is 615 g/mol. The maximum atomic E-state index is 2.54. The molecule has 0 nitrogen and oxygen atoms in total. The van der Waals surface area contributed by atoms with Gasteiger partial charge in [0.2, 0.25) is 0 Å². The van der Waals surface area contributed by atoms with Crippen LogP contribution < -0.4 is 0 Å². The molecule has 0 heterocycles. The molecule has 175 valence electrons. The van der Waals surface area contributed by atoms with Gasteiger partial charge >= 0.3 is 228 Å². The number of benzene rings is 4. The summed E-state index contributed by atoms with van der Waals surface area (Å²) in [5.41, 5.74) is 11.9. The van der Waals surface area contributed by atoms with Crippen LogP contribution >= 0.6 is 0 Å². The molecule has 0 N–H and O–H groups in total. The summed E-state index contributed by atoms with van der Waals surface area (Å²) in [5.74, 6) is 0. The Morgan fingerprint density at radius 1 is 0.667 bits per heavy atom. The molecule has 0 aliphatic heterocycles. The van der Waals surface area contributed by atoms with E-state index in [0.717, 1.165) is 6.42 Å². The van der Waals surface area contributed by atoms with Gasteiger partial charge in [0, 0.05) is 0 Å². The van der Waals surface area contributed by atoms with Crippen LogP contribution in [0.4, 0.5) is 0 Å². The van der Waals surface area contributed by atoms with Crippen LogP contribution in [0.2, 0.25) is 19.6 Å². The zero-order valence-electron chi connectivity index (χ0n) is 21.3. The van der Waals surface area contributed by atoms with Crippen molar-refractivity contribution < 1.29 is 22.4 Å². The van der Waals surface area contributed by atoms with Crippen LogP contribution in [0.3, 0.4) is 0 Å². The molecule has 1 unspecified atom stereocenters. The predicted molar refractivity (Wildman–Crippen MR) is 154 cm³/mol. The van der Waals surface area contributed by atoms with E-state index in [1.54, 1.807) is 19.6 Å². The van der Waals surface area contributed by atoms with Gasteiger partial charge in [-0.15, -0.1) is 0 Å². The molecule has 0 amide bonds. The molecule has 4 aromatic carbocycles. The Kier molecular flexibility index (Phi) is 6.35. The summed E-state index contributed by atoms with van der Waals surface area (Å²) in [4.78, 5) is 0. The second-order valence-electron chi connectivity index (χ2n) is 10.8. The second kappa shape index (κ2) is 9.65. The van der Waals surface area contributed by atoms with Crippen molar-refractivity contribution in [3.63, 3.8) is 0 Å². The fourth-order valence-corrected chi connectivity index (χ4v) is 13.5. The molecule has 6 rings (SSSR count). The van der Waals surface area contributed by atoms with Crippen molar-refractivity contribution in [2.45, 2.75) is 29.7 Å². The monoisotopic (exact) mass is 647 g/mol. The molecule has 1 atom stereocenters. The van der Waals surface area contributed by atoms with Crippen molar-refractivity contribution in [1.82, 2.24) is 0 Å². The van der Waals surface area contributed by atoms with Crippen molar-refractivity contribution in [2.24, 2.45) is 0 Å². The Morgan fingerprint density at radius 3 is 1.89 bits per heavy atom. The van der Waals surface area contributed by atoms with Crippen LogP contribution in [-0.4, -0.2) is 11.3 Å². The summed E-state index contributed by atoms with van der Waals surface area (Å²) in [6.45, 7) is 7.38. The van der Waals surface area contributed by atoms with E-state index >= 15 is 0 Å². The molecule has 0 radical (unpaired) electrons. The van der Waals surface area contributed by atoms with Crippen LogP contribution in [0.1, 0.15) is 37.9 Å². The molecule has 0 aromatic heterocycles. The number of fused-ring (bicyclic) bond motifs is 3. The van der Waals surface area contributed by atoms with Gasteiger partial charge in [-0.05, 0) is 0 Å². The van der Waals surface area contributed by atoms with Gasteiger partial charge in [-0.1, -0.05) is 0 Å². The van der Waals surface area contributed by atoms with Gasteiger partial charge in [-0.3, -0.25) is 0 Å². The number of rotatable bonds is 5. The Labute approximate surface area is 227 Å². The molecule has 0 spiro atoms. The molecule has 4 aromatic rings. The topological polar surface area (TPSA) is 0 Å². The SMILES string of the molecule is C[Si](C)(C)C1=CCC(c2cccc3c2[CH]([Hf]=[C](c2ccccc2)c2ccccc2)c2ccccc2-3)=C1. The van der Waals surface area contributed by atoms with E-state index < -0.39 is 30.5 Å². The third kappa shape index (κ3) is 4.35. The Morgan fingerprint density at radius 2 is 1.25 bits per heavy atom. The van der Waals surface area contributed by atoms with E-state index in [1.807, 2.05) is 0 Å². The summed E-state index contributed by atoms with van der Waals surface area (Å²) in [7, 11) is -1.33. The Bertz CT molecular complexity index is 1480. The molecule has 0 bridgehead atoms. The van der Waals surface area contributed by atoms with Crippen LogP contribution in [-0.2, 0) is 22.4 Å². The maximum absolute atomic E-state index is 2.54. The normalized spacial score (nSPS) is 16.0. The Hall–Kier alpha value is -2.68. The van der Waals surface area contributed by atoms with Gasteiger partial charge in [-0.2, -0.15) is 0 Å². The van der Waals surface area contributed by atoms with E-state index in [9.17, 15) is 0 Å². The zero-order chi connectivity index (χ0) is 24.7. The fraction of sp³-hybridized carbons (Fsp3) is 0.147. The van der Waals surface area contributed by atoms with E-state index in [1.165, 1.54) is 33.4 Å². The Balaban J connectivity index is 1.57. The first-order chi connectivity index (χ1) is 17.5. The first-order valence-electron chi connectivity index (χ1n) is 12.9. The van der Waals surface area contributed by atoms with E-state index in [4.69, 9.17) is 0 Å². The molecule has 0 fully saturated rings. The van der Waals surface area contributed by atoms with Crippen molar-refractivity contribution in [1.29, 1.82) is 0 Å². The van der Waals surface area contributed by atoms with Gasteiger partial charge < -0.3 is 0 Å². The molecular formula is C34H31HfSi. The third-order valence-electron chi connectivity index (χ3n) is 7.45. The van der Waals surface area contributed by atoms with Gasteiger partial charge in [-0.25, -0.2) is 0 Å². The average molecular weight is 646 g/mol.